The van der Waals surface area contributed by atoms with Crippen LogP contribution in [0.3, 0.4) is 0 Å². The van der Waals surface area contributed by atoms with Gasteiger partial charge in [-0.2, -0.15) is 0 Å². The van der Waals surface area contributed by atoms with Crippen molar-refractivity contribution in [2.24, 2.45) is 16.5 Å². The van der Waals surface area contributed by atoms with Crippen LogP contribution in [0.15, 0.2) is 46.0 Å². The molecule has 0 bridgehead atoms. The van der Waals surface area contributed by atoms with E-state index in [-0.39, 0.29) is 23.0 Å². The number of carbonyl (C=O) groups excluding carboxylic acids is 1. The highest BCUT2D eigenvalue weighted by atomic mass is 16.5. The molecule has 8 nitrogen and oxygen atoms in total. The molecule has 0 saturated heterocycles. The fourth-order valence-electron chi connectivity index (χ4n) is 1.66. The number of aliphatic imine (C=N–C) groups is 1. The first-order chi connectivity index (χ1) is 10.0. The zero-order valence-electron chi connectivity index (χ0n) is 10.8. The van der Waals surface area contributed by atoms with Gasteiger partial charge in [-0.1, -0.05) is 0 Å². The summed E-state index contributed by atoms with van der Waals surface area (Å²) < 4.78 is 5.10. The Morgan fingerprint density at radius 1 is 1.24 bits per heavy atom. The van der Waals surface area contributed by atoms with E-state index < -0.39 is 5.91 Å². The lowest BCUT2D eigenvalue weighted by Gasteiger charge is -2.04. The standard InChI is InChI=1S/C13H13N5O3/c14-11(15)7-1-3-8(4-2-7)17-13(18-20)10-9(12(16)19)5-6-21-10/h1-6,20H,(H3,14,15)(H2,16,19)(H,17,18). The van der Waals surface area contributed by atoms with Crippen molar-refractivity contribution in [1.29, 1.82) is 5.41 Å². The lowest BCUT2D eigenvalue weighted by atomic mass is 10.2. The fourth-order valence-corrected chi connectivity index (χ4v) is 1.66. The van der Waals surface area contributed by atoms with E-state index in [1.165, 1.54) is 12.3 Å². The topological polar surface area (TPSA) is 151 Å². The van der Waals surface area contributed by atoms with E-state index in [0.29, 0.717) is 11.3 Å². The van der Waals surface area contributed by atoms with Crippen LogP contribution in [0.1, 0.15) is 21.7 Å². The van der Waals surface area contributed by atoms with E-state index in [4.69, 9.17) is 26.5 Å². The van der Waals surface area contributed by atoms with Crippen LogP contribution >= 0.6 is 0 Å². The molecule has 0 fully saturated rings. The van der Waals surface area contributed by atoms with Gasteiger partial charge in [0.2, 0.25) is 0 Å². The summed E-state index contributed by atoms with van der Waals surface area (Å²) in [5.41, 5.74) is 13.5. The summed E-state index contributed by atoms with van der Waals surface area (Å²) in [6.07, 6.45) is 1.27. The number of furan rings is 1. The van der Waals surface area contributed by atoms with Crippen LogP contribution in [0.5, 0.6) is 0 Å². The number of nitrogens with two attached hydrogens (primary N) is 2. The SMILES string of the molecule is N=C(N)c1ccc(N=C(NO)c2occc2C(N)=O)cc1. The molecule has 0 aliphatic heterocycles. The number of hydrogen-bond donors (Lipinski definition) is 5. The number of carbonyl (C=O) groups is 1. The second-order valence-electron chi connectivity index (χ2n) is 4.06. The van der Waals surface area contributed by atoms with E-state index in [0.717, 1.165) is 0 Å². The van der Waals surface area contributed by atoms with Crippen molar-refractivity contribution in [3.05, 3.63) is 53.5 Å². The van der Waals surface area contributed by atoms with Gasteiger partial charge in [0.15, 0.2) is 11.6 Å². The molecule has 21 heavy (non-hydrogen) atoms. The molecule has 0 atom stereocenters. The quantitative estimate of drug-likeness (QED) is 0.319. The minimum atomic E-state index is -0.700. The number of hydrogen-bond acceptors (Lipinski definition) is 5. The molecule has 7 N–H and O–H groups in total. The number of primary amides is 1. The molecule has 2 rings (SSSR count). The van der Waals surface area contributed by atoms with E-state index in [9.17, 15) is 4.79 Å². The Balaban J connectivity index is 2.38. The second-order valence-corrected chi connectivity index (χ2v) is 4.06. The maximum absolute atomic E-state index is 11.2. The maximum Gasteiger partial charge on any atom is 0.252 e. The van der Waals surface area contributed by atoms with E-state index in [1.807, 2.05) is 5.48 Å². The lowest BCUT2D eigenvalue weighted by molar-refractivity contribution is 0.0999. The first-order valence-electron chi connectivity index (χ1n) is 5.84. The molecule has 108 valence electrons. The highest BCUT2D eigenvalue weighted by Gasteiger charge is 2.17. The molecule has 2 aromatic rings. The average Bonchev–Trinajstić information content (AvgIpc) is 2.94. The highest BCUT2D eigenvalue weighted by Crippen LogP contribution is 2.17. The molecule has 0 spiro atoms. The Labute approximate surface area is 119 Å². The van der Waals surface area contributed by atoms with Gasteiger partial charge < -0.3 is 15.9 Å². The van der Waals surface area contributed by atoms with Crippen LogP contribution in [0, 0.1) is 5.41 Å². The third kappa shape index (κ3) is 3.07. The molecule has 0 radical (unpaired) electrons. The van der Waals surface area contributed by atoms with Crippen molar-refractivity contribution >= 4 is 23.3 Å². The Bertz CT molecular complexity index is 703. The summed E-state index contributed by atoms with van der Waals surface area (Å²) in [6, 6.07) is 7.78. The van der Waals surface area contributed by atoms with Gasteiger partial charge in [0.25, 0.3) is 5.91 Å². The highest BCUT2D eigenvalue weighted by molar-refractivity contribution is 6.07. The number of amidine groups is 2. The van der Waals surface area contributed by atoms with Crippen LogP contribution in [0.4, 0.5) is 5.69 Å². The summed E-state index contributed by atoms with van der Waals surface area (Å²) >= 11 is 0. The number of nitrogens with one attached hydrogen (secondary N) is 2. The van der Waals surface area contributed by atoms with Crippen LogP contribution < -0.4 is 16.9 Å². The van der Waals surface area contributed by atoms with Crippen LogP contribution in [0.25, 0.3) is 0 Å². The molecule has 8 heteroatoms. The zero-order valence-corrected chi connectivity index (χ0v) is 10.8. The Hall–Kier alpha value is -3.13. The van der Waals surface area contributed by atoms with Gasteiger partial charge >= 0.3 is 0 Å². The van der Waals surface area contributed by atoms with Crippen molar-refractivity contribution in [2.45, 2.75) is 0 Å². The predicted molar refractivity (Wildman–Crippen MR) is 75.8 cm³/mol. The first-order valence-corrected chi connectivity index (χ1v) is 5.84. The fraction of sp³-hybridized carbons (Fsp3) is 0. The molecule has 1 aromatic carbocycles. The molecule has 0 unspecified atom stereocenters. The van der Waals surface area contributed by atoms with Gasteiger partial charge in [-0.25, -0.2) is 10.5 Å². The van der Waals surface area contributed by atoms with Gasteiger partial charge in [-0.15, -0.1) is 0 Å². The summed E-state index contributed by atoms with van der Waals surface area (Å²) in [4.78, 5) is 15.3. The number of nitrogen functional groups attached to an aromatic ring is 1. The number of hydroxylamine groups is 1. The van der Waals surface area contributed by atoms with Crippen molar-refractivity contribution in [3.8, 4) is 0 Å². The van der Waals surface area contributed by atoms with Gasteiger partial charge in [0.1, 0.15) is 5.84 Å². The van der Waals surface area contributed by atoms with E-state index in [2.05, 4.69) is 4.99 Å². The summed E-state index contributed by atoms with van der Waals surface area (Å²) in [5.74, 6) is -0.799. The average molecular weight is 287 g/mol. The Kier molecular flexibility index (Phi) is 4.00. The first kappa shape index (κ1) is 14.3. The molecule has 0 aliphatic rings. The smallest absolute Gasteiger partial charge is 0.252 e. The largest absolute Gasteiger partial charge is 0.460 e. The van der Waals surface area contributed by atoms with Crippen LogP contribution in [-0.2, 0) is 0 Å². The molecular formula is C13H13N5O3. The number of rotatable bonds is 4. The van der Waals surface area contributed by atoms with Gasteiger partial charge in [0, 0.05) is 5.56 Å². The van der Waals surface area contributed by atoms with Crippen molar-refractivity contribution in [1.82, 2.24) is 5.48 Å². The third-order valence-corrected chi connectivity index (χ3v) is 2.67. The number of amides is 1. The lowest BCUT2D eigenvalue weighted by Crippen LogP contribution is -2.23. The zero-order chi connectivity index (χ0) is 15.4. The van der Waals surface area contributed by atoms with E-state index >= 15 is 0 Å². The van der Waals surface area contributed by atoms with Crippen LogP contribution in [0.2, 0.25) is 0 Å². The molecule has 1 heterocycles. The normalized spacial score (nSPS) is 11.2. The Morgan fingerprint density at radius 2 is 1.90 bits per heavy atom. The molecule has 1 amide bonds. The van der Waals surface area contributed by atoms with Crippen molar-refractivity contribution < 1.29 is 14.4 Å². The second kappa shape index (κ2) is 5.88. The van der Waals surface area contributed by atoms with Gasteiger partial charge in [0.05, 0.1) is 17.5 Å². The molecule has 0 aliphatic carbocycles. The number of nitrogens with zero attached hydrogens (tertiary/aromatic N) is 1. The minimum absolute atomic E-state index is 0.0284. The van der Waals surface area contributed by atoms with Gasteiger partial charge in [-0.05, 0) is 30.3 Å². The van der Waals surface area contributed by atoms with E-state index in [1.54, 1.807) is 24.3 Å². The van der Waals surface area contributed by atoms with Crippen molar-refractivity contribution in [2.75, 3.05) is 0 Å². The Morgan fingerprint density at radius 3 is 2.43 bits per heavy atom. The third-order valence-electron chi connectivity index (χ3n) is 2.67. The summed E-state index contributed by atoms with van der Waals surface area (Å²) in [6.45, 7) is 0. The van der Waals surface area contributed by atoms with Gasteiger partial charge in [-0.3, -0.25) is 15.4 Å². The summed E-state index contributed by atoms with van der Waals surface area (Å²) in [7, 11) is 0. The molecule has 1 aromatic heterocycles. The maximum atomic E-state index is 11.2. The monoisotopic (exact) mass is 287 g/mol. The van der Waals surface area contributed by atoms with Crippen LogP contribution in [-0.4, -0.2) is 22.8 Å². The molecule has 0 saturated carbocycles. The molecular weight excluding hydrogens is 274 g/mol. The van der Waals surface area contributed by atoms with Crippen molar-refractivity contribution in [3.63, 3.8) is 0 Å². The minimum Gasteiger partial charge on any atom is -0.460 e. The predicted octanol–water partition coefficient (Wildman–Crippen LogP) is 0.720. The number of benzene rings is 1. The summed E-state index contributed by atoms with van der Waals surface area (Å²) in [5, 5.41) is 16.5.